The lowest BCUT2D eigenvalue weighted by atomic mass is 10.1. The first-order chi connectivity index (χ1) is 9.44. The number of ether oxygens (including phenoxy) is 1. The summed E-state index contributed by atoms with van der Waals surface area (Å²) >= 11 is 0. The Morgan fingerprint density at radius 1 is 1.24 bits per heavy atom. The van der Waals surface area contributed by atoms with Gasteiger partial charge in [0.1, 0.15) is 5.75 Å². The van der Waals surface area contributed by atoms with Crippen LogP contribution in [0.3, 0.4) is 0 Å². The number of hydrogen-bond acceptors (Lipinski definition) is 2. The van der Waals surface area contributed by atoms with Gasteiger partial charge in [-0.25, -0.2) is 4.99 Å². The van der Waals surface area contributed by atoms with E-state index in [1.165, 1.54) is 0 Å². The molecule has 0 spiro atoms. The molecule has 0 unspecified atom stereocenters. The van der Waals surface area contributed by atoms with Gasteiger partial charge in [0.05, 0.1) is 13.2 Å². The van der Waals surface area contributed by atoms with Crippen LogP contribution in [0.2, 0.25) is 0 Å². The predicted molar refractivity (Wildman–Crippen MR) is 101 cm³/mol. The van der Waals surface area contributed by atoms with Crippen molar-refractivity contribution >= 4 is 29.9 Å². The fourth-order valence-electron chi connectivity index (χ4n) is 1.73. The van der Waals surface area contributed by atoms with Crippen LogP contribution in [0.25, 0.3) is 0 Å². The molecule has 0 aromatic heterocycles. The number of hydrogen-bond donors (Lipinski definition) is 2. The minimum atomic E-state index is -0.00578. The number of guanidine groups is 1. The summed E-state index contributed by atoms with van der Waals surface area (Å²) in [7, 11) is 0. The third-order valence-electron chi connectivity index (χ3n) is 2.47. The SMILES string of the molecule is CCNC(=NCc1cccc(OCC)c1)NC(C)(C)C.I. The standard InChI is InChI=1S/C16H27N3O.HI/c1-6-17-15(19-16(3,4)5)18-12-13-9-8-10-14(11-13)20-7-2;/h8-11H,6-7,12H2,1-5H3,(H2,17,18,19);1H. The van der Waals surface area contributed by atoms with Crippen molar-refractivity contribution < 1.29 is 4.74 Å². The highest BCUT2D eigenvalue weighted by Gasteiger charge is 2.11. The van der Waals surface area contributed by atoms with Crippen LogP contribution in [0, 0.1) is 0 Å². The normalized spacial score (nSPS) is 11.6. The van der Waals surface area contributed by atoms with Crippen LogP contribution >= 0.6 is 24.0 Å². The van der Waals surface area contributed by atoms with Crippen molar-refractivity contribution in [1.82, 2.24) is 10.6 Å². The third-order valence-corrected chi connectivity index (χ3v) is 2.47. The van der Waals surface area contributed by atoms with Gasteiger partial charge in [-0.3, -0.25) is 0 Å². The number of nitrogens with one attached hydrogen (secondary N) is 2. The lowest BCUT2D eigenvalue weighted by molar-refractivity contribution is 0.340. The lowest BCUT2D eigenvalue weighted by Gasteiger charge is -2.23. The summed E-state index contributed by atoms with van der Waals surface area (Å²) in [5.41, 5.74) is 1.14. The zero-order chi connectivity index (χ0) is 15.0. The monoisotopic (exact) mass is 405 g/mol. The Kier molecular flexibility index (Phi) is 9.41. The fourth-order valence-corrected chi connectivity index (χ4v) is 1.73. The molecule has 0 amide bonds. The number of benzene rings is 1. The van der Waals surface area contributed by atoms with E-state index < -0.39 is 0 Å². The molecule has 0 heterocycles. The molecule has 0 radical (unpaired) electrons. The largest absolute Gasteiger partial charge is 0.494 e. The number of nitrogens with zero attached hydrogens (tertiary/aromatic N) is 1. The van der Waals surface area contributed by atoms with E-state index in [0.717, 1.165) is 23.8 Å². The maximum Gasteiger partial charge on any atom is 0.191 e. The van der Waals surface area contributed by atoms with Gasteiger partial charge < -0.3 is 15.4 Å². The molecule has 2 N–H and O–H groups in total. The molecule has 0 bridgehead atoms. The van der Waals surface area contributed by atoms with Gasteiger partial charge in [-0.2, -0.15) is 0 Å². The van der Waals surface area contributed by atoms with Crippen molar-refractivity contribution in [2.75, 3.05) is 13.2 Å². The summed E-state index contributed by atoms with van der Waals surface area (Å²) in [6.45, 7) is 12.6. The van der Waals surface area contributed by atoms with E-state index in [0.29, 0.717) is 13.2 Å². The highest BCUT2D eigenvalue weighted by atomic mass is 127. The first kappa shape index (κ1) is 20.0. The van der Waals surface area contributed by atoms with E-state index >= 15 is 0 Å². The zero-order valence-corrected chi connectivity index (χ0v) is 16.0. The van der Waals surface area contributed by atoms with Crippen molar-refractivity contribution in [2.24, 2.45) is 4.99 Å². The quantitative estimate of drug-likeness (QED) is 0.448. The molecule has 4 nitrogen and oxygen atoms in total. The van der Waals surface area contributed by atoms with Gasteiger partial charge in [-0.1, -0.05) is 12.1 Å². The molecule has 0 saturated heterocycles. The molecule has 5 heteroatoms. The molecule has 1 aromatic carbocycles. The second kappa shape index (κ2) is 9.87. The van der Waals surface area contributed by atoms with E-state index in [4.69, 9.17) is 4.74 Å². The Morgan fingerprint density at radius 3 is 2.52 bits per heavy atom. The topological polar surface area (TPSA) is 45.7 Å². The molecule has 0 aliphatic rings. The summed E-state index contributed by atoms with van der Waals surface area (Å²) in [6.07, 6.45) is 0. The van der Waals surface area contributed by atoms with Crippen LogP contribution in [0.1, 0.15) is 40.2 Å². The average Bonchev–Trinajstić information content (AvgIpc) is 2.35. The summed E-state index contributed by atoms with van der Waals surface area (Å²) in [5, 5.41) is 6.63. The minimum absolute atomic E-state index is 0. The van der Waals surface area contributed by atoms with Crippen LogP contribution in [-0.4, -0.2) is 24.7 Å². The molecule has 0 saturated carbocycles. The number of halogens is 1. The molecule has 1 aromatic rings. The second-order valence-electron chi connectivity index (χ2n) is 5.65. The first-order valence-corrected chi connectivity index (χ1v) is 7.23. The van der Waals surface area contributed by atoms with Crippen molar-refractivity contribution in [3.05, 3.63) is 29.8 Å². The summed E-state index contributed by atoms with van der Waals surface area (Å²) < 4.78 is 5.50. The summed E-state index contributed by atoms with van der Waals surface area (Å²) in [4.78, 5) is 4.61. The molecular formula is C16H28IN3O. The molecule has 0 aliphatic carbocycles. The summed E-state index contributed by atoms with van der Waals surface area (Å²) in [5.74, 6) is 1.73. The molecule has 1 rings (SSSR count). The zero-order valence-electron chi connectivity index (χ0n) is 13.7. The van der Waals surface area contributed by atoms with Gasteiger partial charge in [0, 0.05) is 12.1 Å². The fraction of sp³-hybridized carbons (Fsp3) is 0.562. The van der Waals surface area contributed by atoms with Gasteiger partial charge in [0.25, 0.3) is 0 Å². The van der Waals surface area contributed by atoms with Crippen molar-refractivity contribution in [3.63, 3.8) is 0 Å². The number of aliphatic imine (C=N–C) groups is 1. The van der Waals surface area contributed by atoms with Crippen LogP contribution in [-0.2, 0) is 6.54 Å². The van der Waals surface area contributed by atoms with Crippen molar-refractivity contribution in [1.29, 1.82) is 0 Å². The predicted octanol–water partition coefficient (Wildman–Crippen LogP) is 3.56. The molecule has 0 aliphatic heterocycles. The minimum Gasteiger partial charge on any atom is -0.494 e. The molecular weight excluding hydrogens is 377 g/mol. The van der Waals surface area contributed by atoms with E-state index in [-0.39, 0.29) is 29.5 Å². The average molecular weight is 405 g/mol. The number of rotatable bonds is 5. The highest BCUT2D eigenvalue weighted by Crippen LogP contribution is 2.14. The van der Waals surface area contributed by atoms with Gasteiger partial charge in [-0.15, -0.1) is 24.0 Å². The van der Waals surface area contributed by atoms with Crippen LogP contribution in [0.4, 0.5) is 0 Å². The smallest absolute Gasteiger partial charge is 0.191 e. The van der Waals surface area contributed by atoms with Gasteiger partial charge >= 0.3 is 0 Å². The van der Waals surface area contributed by atoms with Gasteiger partial charge in [0.15, 0.2) is 5.96 Å². The Hall–Kier alpha value is -0.980. The molecule has 120 valence electrons. The molecule has 0 atom stereocenters. The van der Waals surface area contributed by atoms with E-state index in [9.17, 15) is 0 Å². The van der Waals surface area contributed by atoms with Crippen LogP contribution < -0.4 is 15.4 Å². The Morgan fingerprint density at radius 2 is 1.95 bits per heavy atom. The summed E-state index contributed by atoms with van der Waals surface area (Å²) in [6, 6.07) is 8.07. The lowest BCUT2D eigenvalue weighted by Crippen LogP contribution is -2.47. The highest BCUT2D eigenvalue weighted by molar-refractivity contribution is 14.0. The van der Waals surface area contributed by atoms with Gasteiger partial charge in [0.2, 0.25) is 0 Å². The molecule has 21 heavy (non-hydrogen) atoms. The van der Waals surface area contributed by atoms with E-state index in [2.05, 4.69) is 49.4 Å². The first-order valence-electron chi connectivity index (χ1n) is 7.23. The van der Waals surface area contributed by atoms with Crippen molar-refractivity contribution in [3.8, 4) is 5.75 Å². The van der Waals surface area contributed by atoms with E-state index in [1.807, 2.05) is 25.1 Å². The van der Waals surface area contributed by atoms with E-state index in [1.54, 1.807) is 0 Å². The Labute approximate surface area is 145 Å². The van der Waals surface area contributed by atoms with Crippen LogP contribution in [0.15, 0.2) is 29.3 Å². The maximum absolute atomic E-state index is 5.50. The second-order valence-corrected chi connectivity index (χ2v) is 5.65. The van der Waals surface area contributed by atoms with Crippen molar-refractivity contribution in [2.45, 2.75) is 46.7 Å². The third kappa shape index (κ3) is 8.80. The van der Waals surface area contributed by atoms with Crippen LogP contribution in [0.5, 0.6) is 5.75 Å². The Balaban J connectivity index is 0.00000400. The Bertz CT molecular complexity index is 441. The van der Waals surface area contributed by atoms with Gasteiger partial charge in [-0.05, 0) is 52.3 Å². The maximum atomic E-state index is 5.50. The molecule has 0 fully saturated rings.